The number of piperidine rings is 1. The lowest BCUT2D eigenvalue weighted by Crippen LogP contribution is -2.48. The average molecular weight is 445 g/mol. The molecule has 1 amide bonds. The van der Waals surface area contributed by atoms with Crippen molar-refractivity contribution < 1.29 is 4.79 Å². The second-order valence-electron chi connectivity index (χ2n) is 10.5. The Morgan fingerprint density at radius 3 is 2.76 bits per heavy atom. The van der Waals surface area contributed by atoms with Gasteiger partial charge < -0.3 is 15.5 Å². The number of amides is 1. The average Bonchev–Trinajstić information content (AvgIpc) is 2.85. The van der Waals surface area contributed by atoms with Gasteiger partial charge in [-0.1, -0.05) is 31.6 Å². The molecule has 4 aliphatic rings. The summed E-state index contributed by atoms with van der Waals surface area (Å²) in [5.41, 5.74) is 4.80. The summed E-state index contributed by atoms with van der Waals surface area (Å²) < 4.78 is 0. The van der Waals surface area contributed by atoms with E-state index < -0.39 is 0 Å². The molecule has 1 aliphatic heterocycles. The van der Waals surface area contributed by atoms with E-state index in [1.165, 1.54) is 24.9 Å². The third-order valence-corrected chi connectivity index (χ3v) is 8.32. The van der Waals surface area contributed by atoms with Gasteiger partial charge in [-0.15, -0.1) is 0 Å². The number of nitrogens with zero attached hydrogens (tertiary/aromatic N) is 2. The van der Waals surface area contributed by atoms with Crippen LogP contribution in [0.5, 0.6) is 0 Å². The Hall–Kier alpha value is -2.66. The third-order valence-electron chi connectivity index (χ3n) is 8.32. The van der Waals surface area contributed by atoms with Gasteiger partial charge in [0.25, 0.3) is 5.91 Å². The lowest BCUT2D eigenvalue weighted by molar-refractivity contribution is -0.00820. The SMILES string of the molecule is CC1(C)[C@H]2CC=C(CCNC3CCN(c4cccc(NC(=O)c5cccnc5)c4)CC3)[C@@H]1C2. The molecule has 2 fully saturated rings. The number of carbonyl (C=O) groups excluding carboxylic acids is 1. The molecule has 5 heteroatoms. The molecule has 1 saturated heterocycles. The number of allylic oxidation sites excluding steroid dienone is 1. The van der Waals surface area contributed by atoms with Crippen molar-refractivity contribution in [2.45, 2.75) is 52.0 Å². The van der Waals surface area contributed by atoms with Crippen molar-refractivity contribution in [1.82, 2.24) is 10.3 Å². The summed E-state index contributed by atoms with van der Waals surface area (Å²) in [6.07, 6.45) is 12.0. The summed E-state index contributed by atoms with van der Waals surface area (Å²) >= 11 is 0. The van der Waals surface area contributed by atoms with E-state index in [-0.39, 0.29) is 5.91 Å². The predicted molar refractivity (Wildman–Crippen MR) is 135 cm³/mol. The summed E-state index contributed by atoms with van der Waals surface area (Å²) in [4.78, 5) is 18.9. The molecule has 2 atom stereocenters. The van der Waals surface area contributed by atoms with Crippen molar-refractivity contribution >= 4 is 17.3 Å². The van der Waals surface area contributed by atoms with Gasteiger partial charge in [0.1, 0.15) is 0 Å². The van der Waals surface area contributed by atoms with Gasteiger partial charge >= 0.3 is 0 Å². The molecule has 2 bridgehead atoms. The Morgan fingerprint density at radius 2 is 2.03 bits per heavy atom. The van der Waals surface area contributed by atoms with E-state index in [0.717, 1.165) is 50.0 Å². The molecule has 6 rings (SSSR count). The summed E-state index contributed by atoms with van der Waals surface area (Å²) in [5, 5.41) is 6.83. The lowest BCUT2D eigenvalue weighted by Gasteiger charge is -2.56. The number of anilines is 2. The predicted octanol–water partition coefficient (Wildman–Crippen LogP) is 5.27. The zero-order valence-corrected chi connectivity index (χ0v) is 19.9. The lowest BCUT2D eigenvalue weighted by atomic mass is 9.48. The molecule has 0 spiro atoms. The third kappa shape index (κ3) is 4.70. The van der Waals surface area contributed by atoms with Crippen LogP contribution in [0, 0.1) is 17.3 Å². The summed E-state index contributed by atoms with van der Waals surface area (Å²) in [5.74, 6) is 1.62. The normalized spacial score (nSPS) is 24.1. The van der Waals surface area contributed by atoms with Gasteiger partial charge in [0.15, 0.2) is 0 Å². The standard InChI is InChI=1S/C28H36N4O/c1-28(2)22-9-8-20(26(28)17-22)10-14-30-23-11-15-32(16-12-23)25-7-3-6-24(18-25)31-27(33)21-5-4-13-29-19-21/h3-8,13,18-19,22-23,26,30H,9-12,14-17H2,1-2H3,(H,31,33)/t22-,26-/m0/s1. The molecule has 0 unspecified atom stereocenters. The Morgan fingerprint density at radius 1 is 1.18 bits per heavy atom. The van der Waals surface area contributed by atoms with Crippen molar-refractivity contribution in [3.8, 4) is 0 Å². The van der Waals surface area contributed by atoms with Crippen molar-refractivity contribution in [2.24, 2.45) is 17.3 Å². The number of nitrogens with one attached hydrogen (secondary N) is 2. The Balaban J connectivity index is 1.09. The summed E-state index contributed by atoms with van der Waals surface area (Å²) in [6, 6.07) is 12.3. The number of rotatable bonds is 7. The maximum atomic E-state index is 12.4. The summed E-state index contributed by atoms with van der Waals surface area (Å²) in [7, 11) is 0. The molecule has 1 aromatic carbocycles. The molecular weight excluding hydrogens is 408 g/mol. The first-order chi connectivity index (χ1) is 16.0. The minimum absolute atomic E-state index is 0.128. The number of aromatic nitrogens is 1. The van der Waals surface area contributed by atoms with Crippen LogP contribution >= 0.6 is 0 Å². The van der Waals surface area contributed by atoms with Crippen LogP contribution in [-0.4, -0.2) is 36.6 Å². The van der Waals surface area contributed by atoms with Crippen LogP contribution in [0.2, 0.25) is 0 Å². The highest BCUT2D eigenvalue weighted by Gasteiger charge is 2.50. The van der Waals surface area contributed by atoms with Gasteiger partial charge in [0, 0.05) is 42.9 Å². The molecule has 33 heavy (non-hydrogen) atoms. The van der Waals surface area contributed by atoms with Crippen molar-refractivity contribution in [3.05, 3.63) is 66.0 Å². The van der Waals surface area contributed by atoms with E-state index in [9.17, 15) is 4.79 Å². The van der Waals surface area contributed by atoms with Gasteiger partial charge in [-0.3, -0.25) is 9.78 Å². The second-order valence-corrected chi connectivity index (χ2v) is 10.5. The van der Waals surface area contributed by atoms with Crippen LogP contribution < -0.4 is 15.5 Å². The molecule has 0 radical (unpaired) electrons. The van der Waals surface area contributed by atoms with Crippen LogP contribution in [0.15, 0.2) is 60.4 Å². The molecule has 2 heterocycles. The Kier molecular flexibility index (Phi) is 6.24. The number of benzene rings is 1. The fourth-order valence-electron chi connectivity index (χ4n) is 6.00. The smallest absolute Gasteiger partial charge is 0.257 e. The van der Waals surface area contributed by atoms with Gasteiger partial charge in [-0.05, 0) is 86.2 Å². The molecular formula is C28H36N4O. The fourth-order valence-corrected chi connectivity index (χ4v) is 6.00. The first kappa shape index (κ1) is 22.1. The van der Waals surface area contributed by atoms with Crippen LogP contribution in [0.4, 0.5) is 11.4 Å². The maximum absolute atomic E-state index is 12.4. The Labute approximate surface area is 197 Å². The van der Waals surface area contributed by atoms with Gasteiger partial charge in [-0.2, -0.15) is 0 Å². The number of hydrogen-bond donors (Lipinski definition) is 2. The van der Waals surface area contributed by atoms with Gasteiger partial charge in [0.05, 0.1) is 5.56 Å². The van der Waals surface area contributed by atoms with Gasteiger partial charge in [-0.25, -0.2) is 0 Å². The largest absolute Gasteiger partial charge is 0.371 e. The molecule has 174 valence electrons. The molecule has 3 aliphatic carbocycles. The van der Waals surface area contributed by atoms with Gasteiger partial charge in [0.2, 0.25) is 0 Å². The number of pyridine rings is 1. The van der Waals surface area contributed by atoms with E-state index in [1.54, 1.807) is 30.1 Å². The van der Waals surface area contributed by atoms with E-state index in [2.05, 4.69) is 52.6 Å². The van der Waals surface area contributed by atoms with E-state index in [1.807, 2.05) is 12.1 Å². The number of carbonyl (C=O) groups is 1. The Bertz CT molecular complexity index is 1010. The number of hydrogen-bond acceptors (Lipinski definition) is 4. The number of fused-ring (bicyclic) bond motifs is 1. The van der Waals surface area contributed by atoms with E-state index >= 15 is 0 Å². The zero-order chi connectivity index (χ0) is 22.8. The topological polar surface area (TPSA) is 57.3 Å². The maximum Gasteiger partial charge on any atom is 0.257 e. The second kappa shape index (κ2) is 9.30. The van der Waals surface area contributed by atoms with Crippen molar-refractivity contribution in [1.29, 1.82) is 0 Å². The van der Waals surface area contributed by atoms with Crippen molar-refractivity contribution in [3.63, 3.8) is 0 Å². The van der Waals surface area contributed by atoms with E-state index in [4.69, 9.17) is 0 Å². The first-order valence-corrected chi connectivity index (χ1v) is 12.5. The van der Waals surface area contributed by atoms with E-state index in [0.29, 0.717) is 17.0 Å². The van der Waals surface area contributed by atoms with Crippen LogP contribution in [-0.2, 0) is 0 Å². The highest BCUT2D eigenvalue weighted by atomic mass is 16.1. The first-order valence-electron chi connectivity index (χ1n) is 12.5. The molecule has 5 nitrogen and oxygen atoms in total. The monoisotopic (exact) mass is 444 g/mol. The molecule has 1 saturated carbocycles. The minimum atomic E-state index is -0.128. The van der Waals surface area contributed by atoms with Crippen molar-refractivity contribution in [2.75, 3.05) is 29.9 Å². The highest BCUT2D eigenvalue weighted by Crippen LogP contribution is 2.59. The minimum Gasteiger partial charge on any atom is -0.371 e. The molecule has 1 aromatic heterocycles. The highest BCUT2D eigenvalue weighted by molar-refractivity contribution is 6.04. The molecule has 2 aromatic rings. The van der Waals surface area contributed by atoms with Crippen LogP contribution in [0.3, 0.4) is 0 Å². The fraction of sp³-hybridized carbons (Fsp3) is 0.500. The summed E-state index contributed by atoms with van der Waals surface area (Å²) in [6.45, 7) is 8.10. The zero-order valence-electron chi connectivity index (χ0n) is 19.9. The van der Waals surface area contributed by atoms with Crippen LogP contribution in [0.1, 0.15) is 56.3 Å². The van der Waals surface area contributed by atoms with Crippen LogP contribution in [0.25, 0.3) is 0 Å². The molecule has 2 N–H and O–H groups in total. The quantitative estimate of drug-likeness (QED) is 0.571.